The van der Waals surface area contributed by atoms with Crippen molar-refractivity contribution in [2.24, 2.45) is 0 Å². The third-order valence-electron chi connectivity index (χ3n) is 2.32. The molecule has 0 spiro atoms. The molecule has 0 radical (unpaired) electrons. The molecule has 0 unspecified atom stereocenters. The van der Waals surface area contributed by atoms with Gasteiger partial charge < -0.3 is 5.11 Å². The molecule has 2 heteroatoms. The van der Waals surface area contributed by atoms with Gasteiger partial charge in [-0.3, -0.25) is 0 Å². The Balaban J connectivity index is 2.74. The molecule has 1 aliphatic carbocycles. The van der Waals surface area contributed by atoms with Gasteiger partial charge in [0.15, 0.2) is 0 Å². The van der Waals surface area contributed by atoms with Gasteiger partial charge in [-0.2, -0.15) is 0 Å². The van der Waals surface area contributed by atoms with Gasteiger partial charge in [0.25, 0.3) is 0 Å². The minimum Gasteiger partial charge on any atom is -0.391 e. The van der Waals surface area contributed by atoms with Crippen LogP contribution in [0.15, 0.2) is 22.3 Å². The summed E-state index contributed by atoms with van der Waals surface area (Å²) in [6.45, 7) is 1.94. The number of halogens is 1. The Morgan fingerprint density at radius 3 is 2.83 bits per heavy atom. The van der Waals surface area contributed by atoms with E-state index in [0.717, 1.165) is 18.4 Å². The number of aliphatic hydroxyl groups is 1. The molecule has 68 valence electrons. The third-order valence-corrected chi connectivity index (χ3v) is 2.72. The van der Waals surface area contributed by atoms with Gasteiger partial charge in [-0.1, -0.05) is 17.7 Å². The van der Waals surface area contributed by atoms with Crippen molar-refractivity contribution < 1.29 is 5.11 Å². The molecule has 0 fully saturated rings. The zero-order valence-corrected chi connectivity index (χ0v) is 8.19. The summed E-state index contributed by atoms with van der Waals surface area (Å²) < 4.78 is 0. The molecule has 0 saturated heterocycles. The van der Waals surface area contributed by atoms with E-state index in [0.29, 0.717) is 5.03 Å². The second kappa shape index (κ2) is 4.68. The largest absolute Gasteiger partial charge is 0.391 e. The summed E-state index contributed by atoms with van der Waals surface area (Å²) in [4.78, 5) is 0. The highest BCUT2D eigenvalue weighted by atomic mass is 35.5. The van der Waals surface area contributed by atoms with Crippen molar-refractivity contribution >= 4 is 11.6 Å². The van der Waals surface area contributed by atoms with Crippen LogP contribution in [0.2, 0.25) is 0 Å². The number of aliphatic hydroxyl groups excluding tert-OH is 1. The SMILES string of the molecule is C/C(C1=CCCCC1)=C(/Cl)CO. The molecule has 1 rings (SSSR count). The number of rotatable bonds is 2. The second-order valence-electron chi connectivity index (χ2n) is 3.16. The number of allylic oxidation sites excluding steroid dienone is 3. The molecule has 0 aromatic rings. The summed E-state index contributed by atoms with van der Waals surface area (Å²) in [6, 6.07) is 0. The van der Waals surface area contributed by atoms with Crippen molar-refractivity contribution in [2.75, 3.05) is 6.61 Å². The first-order chi connectivity index (χ1) is 5.75. The fourth-order valence-electron chi connectivity index (χ4n) is 1.47. The van der Waals surface area contributed by atoms with Gasteiger partial charge in [-0.25, -0.2) is 0 Å². The van der Waals surface area contributed by atoms with Crippen LogP contribution in [-0.4, -0.2) is 11.7 Å². The molecule has 1 aliphatic rings. The Hall–Kier alpha value is -0.270. The normalized spacial score (nSPS) is 20.1. The zero-order valence-electron chi connectivity index (χ0n) is 7.44. The van der Waals surface area contributed by atoms with E-state index in [-0.39, 0.29) is 6.61 Å². The first kappa shape index (κ1) is 9.82. The van der Waals surface area contributed by atoms with Crippen molar-refractivity contribution in [3.05, 3.63) is 22.3 Å². The number of hydrogen-bond acceptors (Lipinski definition) is 1. The molecule has 12 heavy (non-hydrogen) atoms. The molecule has 1 nitrogen and oxygen atoms in total. The lowest BCUT2D eigenvalue weighted by Crippen LogP contribution is -1.96. The Bertz CT molecular complexity index is 216. The van der Waals surface area contributed by atoms with E-state index >= 15 is 0 Å². The molecule has 0 bridgehead atoms. The van der Waals surface area contributed by atoms with Crippen LogP contribution in [-0.2, 0) is 0 Å². The molecule has 0 aromatic carbocycles. The average molecular weight is 187 g/mol. The van der Waals surface area contributed by atoms with Gasteiger partial charge in [0.1, 0.15) is 0 Å². The predicted molar refractivity (Wildman–Crippen MR) is 52.2 cm³/mol. The van der Waals surface area contributed by atoms with Crippen LogP contribution in [0.1, 0.15) is 32.6 Å². The molecule has 1 N–H and O–H groups in total. The summed E-state index contributed by atoms with van der Waals surface area (Å²) in [6.07, 6.45) is 7.04. The first-order valence-electron chi connectivity index (χ1n) is 4.41. The molecule has 0 amide bonds. The highest BCUT2D eigenvalue weighted by molar-refractivity contribution is 6.30. The van der Waals surface area contributed by atoms with Crippen LogP contribution < -0.4 is 0 Å². The maximum atomic E-state index is 8.82. The van der Waals surface area contributed by atoms with E-state index in [1.165, 1.54) is 18.4 Å². The fraction of sp³-hybridized carbons (Fsp3) is 0.600. The first-order valence-corrected chi connectivity index (χ1v) is 4.79. The molecule has 0 aliphatic heterocycles. The quantitative estimate of drug-likeness (QED) is 0.703. The molecular weight excluding hydrogens is 172 g/mol. The van der Waals surface area contributed by atoms with Crippen molar-refractivity contribution in [1.82, 2.24) is 0 Å². The van der Waals surface area contributed by atoms with Gasteiger partial charge in [0.05, 0.1) is 6.61 Å². The highest BCUT2D eigenvalue weighted by Crippen LogP contribution is 2.26. The third kappa shape index (κ3) is 2.36. The maximum absolute atomic E-state index is 8.82. The molecule has 0 atom stereocenters. The van der Waals surface area contributed by atoms with Crippen molar-refractivity contribution in [2.45, 2.75) is 32.6 Å². The topological polar surface area (TPSA) is 20.2 Å². The average Bonchev–Trinajstić information content (AvgIpc) is 2.17. The lowest BCUT2D eigenvalue weighted by atomic mass is 9.94. The summed E-state index contributed by atoms with van der Waals surface area (Å²) >= 11 is 5.84. The van der Waals surface area contributed by atoms with E-state index in [2.05, 4.69) is 6.08 Å². The summed E-state index contributed by atoms with van der Waals surface area (Å²) in [5, 5.41) is 9.41. The van der Waals surface area contributed by atoms with Gasteiger partial charge in [-0.05, 0) is 43.8 Å². The minimum atomic E-state index is -0.0370. The lowest BCUT2D eigenvalue weighted by molar-refractivity contribution is 0.337. The second-order valence-corrected chi connectivity index (χ2v) is 3.62. The van der Waals surface area contributed by atoms with E-state index in [4.69, 9.17) is 16.7 Å². The fourth-order valence-corrected chi connectivity index (χ4v) is 1.59. The maximum Gasteiger partial charge on any atom is 0.0790 e. The van der Waals surface area contributed by atoms with E-state index in [1.54, 1.807) is 0 Å². The summed E-state index contributed by atoms with van der Waals surface area (Å²) in [5.41, 5.74) is 2.39. The summed E-state index contributed by atoms with van der Waals surface area (Å²) in [5.74, 6) is 0. The smallest absolute Gasteiger partial charge is 0.0790 e. The number of hydrogen-bond donors (Lipinski definition) is 1. The van der Waals surface area contributed by atoms with E-state index < -0.39 is 0 Å². The molecule has 0 saturated carbocycles. The Morgan fingerprint density at radius 2 is 2.33 bits per heavy atom. The minimum absolute atomic E-state index is 0.0370. The molecule has 0 aromatic heterocycles. The van der Waals surface area contributed by atoms with Crippen LogP contribution in [0.3, 0.4) is 0 Å². The van der Waals surface area contributed by atoms with Crippen LogP contribution >= 0.6 is 11.6 Å². The molecular formula is C10H15ClO. The Labute approximate surface area is 78.7 Å². The van der Waals surface area contributed by atoms with Gasteiger partial charge in [-0.15, -0.1) is 0 Å². The monoisotopic (exact) mass is 186 g/mol. The van der Waals surface area contributed by atoms with Gasteiger partial charge in [0, 0.05) is 5.03 Å². The lowest BCUT2D eigenvalue weighted by Gasteiger charge is -2.14. The standard InChI is InChI=1S/C10H15ClO/c1-8(10(11)7-12)9-5-3-2-4-6-9/h5,12H,2-4,6-7H2,1H3/b10-8-. The van der Waals surface area contributed by atoms with Gasteiger partial charge >= 0.3 is 0 Å². The van der Waals surface area contributed by atoms with Crippen molar-refractivity contribution in [1.29, 1.82) is 0 Å². The van der Waals surface area contributed by atoms with E-state index in [9.17, 15) is 0 Å². The van der Waals surface area contributed by atoms with Crippen LogP contribution in [0.4, 0.5) is 0 Å². The highest BCUT2D eigenvalue weighted by Gasteiger charge is 2.07. The Morgan fingerprint density at radius 1 is 1.58 bits per heavy atom. The zero-order chi connectivity index (χ0) is 8.97. The summed E-state index contributed by atoms with van der Waals surface area (Å²) in [7, 11) is 0. The van der Waals surface area contributed by atoms with Crippen molar-refractivity contribution in [3.63, 3.8) is 0 Å². The van der Waals surface area contributed by atoms with Crippen molar-refractivity contribution in [3.8, 4) is 0 Å². The van der Waals surface area contributed by atoms with Gasteiger partial charge in [0.2, 0.25) is 0 Å². The van der Waals surface area contributed by atoms with Crippen LogP contribution in [0, 0.1) is 0 Å². The molecule has 0 heterocycles. The predicted octanol–water partition coefficient (Wildman–Crippen LogP) is 2.99. The van der Waals surface area contributed by atoms with Crippen LogP contribution in [0.25, 0.3) is 0 Å². The van der Waals surface area contributed by atoms with E-state index in [1.807, 2.05) is 6.92 Å². The van der Waals surface area contributed by atoms with Crippen LogP contribution in [0.5, 0.6) is 0 Å². The Kier molecular flexibility index (Phi) is 3.83.